The Labute approximate surface area is 176 Å². The summed E-state index contributed by atoms with van der Waals surface area (Å²) in [6.45, 7) is 0.906. The van der Waals surface area contributed by atoms with Crippen molar-refractivity contribution in [2.24, 2.45) is 17.8 Å². The fourth-order valence-electron chi connectivity index (χ4n) is 4.34. The van der Waals surface area contributed by atoms with Gasteiger partial charge in [0.25, 0.3) is 0 Å². The lowest BCUT2D eigenvalue weighted by Gasteiger charge is -2.21. The molecule has 0 aromatic carbocycles. The van der Waals surface area contributed by atoms with Crippen LogP contribution in [0.3, 0.4) is 0 Å². The predicted molar refractivity (Wildman–Crippen MR) is 117 cm³/mol. The van der Waals surface area contributed by atoms with Gasteiger partial charge < -0.3 is 10.6 Å². The molecule has 29 heavy (non-hydrogen) atoms. The van der Waals surface area contributed by atoms with E-state index in [0.29, 0.717) is 29.1 Å². The van der Waals surface area contributed by atoms with Crippen LogP contribution in [-0.4, -0.2) is 16.5 Å². The average Bonchev–Trinajstić information content (AvgIpc) is 3.40. The van der Waals surface area contributed by atoms with Gasteiger partial charge in [0.15, 0.2) is 0 Å². The van der Waals surface area contributed by atoms with Crippen molar-refractivity contribution >= 4 is 23.3 Å². The largest absolute Gasteiger partial charge is 0.354 e. The van der Waals surface area contributed by atoms with Crippen LogP contribution in [0.2, 0.25) is 0 Å². The van der Waals surface area contributed by atoms with Gasteiger partial charge in [0.05, 0.1) is 16.4 Å². The normalized spacial score (nSPS) is 27.3. The van der Waals surface area contributed by atoms with Crippen LogP contribution in [0.4, 0.5) is 5.95 Å². The summed E-state index contributed by atoms with van der Waals surface area (Å²) in [6.07, 6.45) is 16.4. The molecule has 2 unspecified atom stereocenters. The van der Waals surface area contributed by atoms with Crippen LogP contribution in [0.25, 0.3) is 5.57 Å². The minimum Gasteiger partial charge on any atom is -0.354 e. The highest BCUT2D eigenvalue weighted by Gasteiger charge is 2.35. The second kappa shape index (κ2) is 8.08. The first kappa shape index (κ1) is 18.5. The summed E-state index contributed by atoms with van der Waals surface area (Å²) in [5.74, 6) is 2.76. The number of thioether (sulfide) groups is 1. The number of anilines is 1. The number of nitrogens with zero attached hydrogens (tertiary/aromatic N) is 3. The van der Waals surface area contributed by atoms with Gasteiger partial charge in [0.2, 0.25) is 5.95 Å². The van der Waals surface area contributed by atoms with E-state index in [0.717, 1.165) is 23.2 Å². The molecule has 2 fully saturated rings. The molecule has 2 saturated carbocycles. The van der Waals surface area contributed by atoms with Crippen LogP contribution in [0.1, 0.15) is 44.2 Å². The molecule has 4 aliphatic rings. The van der Waals surface area contributed by atoms with Gasteiger partial charge in [-0.25, -0.2) is 9.97 Å². The summed E-state index contributed by atoms with van der Waals surface area (Å²) in [5, 5.41) is 19.6. The molecule has 1 aliphatic heterocycles. The minimum absolute atomic E-state index is 0.564. The standard InChI is InChI=1S/C23H25N5S/c24-12-19(22-27-21(14-29-22)17-7-6-16-10-18(16)11-17)20-8-9-25-23(28-20)26-13-15-4-2-1-3-5-15/h6-9,11,14-16,18,27H,1-5,10,13H2,(H,25,26,28)/b22-19-. The smallest absolute Gasteiger partial charge is 0.223 e. The maximum Gasteiger partial charge on any atom is 0.223 e. The Bertz CT molecular complexity index is 962. The number of nitriles is 1. The highest BCUT2D eigenvalue weighted by Crippen LogP contribution is 2.46. The fraction of sp³-hybridized carbons (Fsp3) is 0.435. The zero-order valence-corrected chi connectivity index (χ0v) is 17.2. The average molecular weight is 404 g/mol. The van der Waals surface area contributed by atoms with Gasteiger partial charge in [-0.1, -0.05) is 49.3 Å². The maximum absolute atomic E-state index is 9.82. The fourth-order valence-corrected chi connectivity index (χ4v) is 5.20. The number of hydrogen-bond acceptors (Lipinski definition) is 6. The van der Waals surface area contributed by atoms with E-state index >= 15 is 0 Å². The van der Waals surface area contributed by atoms with Gasteiger partial charge in [-0.3, -0.25) is 0 Å². The molecule has 6 heteroatoms. The molecule has 0 saturated heterocycles. The Balaban J connectivity index is 1.29. The number of aromatic nitrogens is 2. The van der Waals surface area contributed by atoms with Crippen molar-refractivity contribution in [3.8, 4) is 6.07 Å². The van der Waals surface area contributed by atoms with Gasteiger partial charge in [-0.15, -0.1) is 0 Å². The van der Waals surface area contributed by atoms with E-state index in [-0.39, 0.29) is 0 Å². The van der Waals surface area contributed by atoms with Crippen molar-refractivity contribution in [3.05, 3.63) is 57.9 Å². The first-order valence-electron chi connectivity index (χ1n) is 10.6. The molecule has 0 amide bonds. The van der Waals surface area contributed by atoms with Crippen LogP contribution in [-0.2, 0) is 0 Å². The molecule has 148 valence electrons. The quantitative estimate of drug-likeness (QED) is 0.676. The Morgan fingerprint density at radius 2 is 2.17 bits per heavy atom. The molecule has 1 aromatic rings. The molecular weight excluding hydrogens is 378 g/mol. The SMILES string of the molecule is N#C/C(=C1\NC(C2=CC3CC3C=C2)=CS1)c1ccnc(NCC2CCCCC2)n1. The van der Waals surface area contributed by atoms with E-state index in [1.807, 2.05) is 6.07 Å². The van der Waals surface area contributed by atoms with Crippen LogP contribution < -0.4 is 10.6 Å². The summed E-state index contributed by atoms with van der Waals surface area (Å²) in [4.78, 5) is 8.98. The molecule has 1 aromatic heterocycles. The van der Waals surface area contributed by atoms with Crippen LogP contribution in [0.5, 0.6) is 0 Å². The zero-order chi connectivity index (χ0) is 19.6. The molecular formula is C23H25N5S. The number of rotatable bonds is 5. The van der Waals surface area contributed by atoms with Crippen molar-refractivity contribution in [2.45, 2.75) is 38.5 Å². The van der Waals surface area contributed by atoms with E-state index in [4.69, 9.17) is 0 Å². The molecule has 5 nitrogen and oxygen atoms in total. The number of nitrogens with one attached hydrogen (secondary N) is 2. The van der Waals surface area contributed by atoms with Gasteiger partial charge >= 0.3 is 0 Å². The first-order chi connectivity index (χ1) is 14.3. The molecule has 2 heterocycles. The van der Waals surface area contributed by atoms with Crippen molar-refractivity contribution in [1.29, 1.82) is 5.26 Å². The van der Waals surface area contributed by atoms with Gasteiger partial charge in [0, 0.05) is 18.1 Å². The van der Waals surface area contributed by atoms with Crippen LogP contribution >= 0.6 is 11.8 Å². The third-order valence-corrected chi connectivity index (χ3v) is 7.08. The van der Waals surface area contributed by atoms with E-state index in [2.05, 4.69) is 50.3 Å². The lowest BCUT2D eigenvalue weighted by molar-refractivity contribution is 0.373. The zero-order valence-electron chi connectivity index (χ0n) is 16.4. The summed E-state index contributed by atoms with van der Waals surface area (Å²) >= 11 is 1.56. The molecule has 0 bridgehead atoms. The monoisotopic (exact) mass is 403 g/mol. The third-order valence-electron chi connectivity index (χ3n) is 6.19. The summed E-state index contributed by atoms with van der Waals surface area (Å²) < 4.78 is 0. The Morgan fingerprint density at radius 1 is 1.28 bits per heavy atom. The van der Waals surface area contributed by atoms with Crippen LogP contribution in [0, 0.1) is 29.1 Å². The second-order valence-electron chi connectivity index (χ2n) is 8.29. The number of allylic oxidation sites excluding steroid dienone is 4. The highest BCUT2D eigenvalue weighted by atomic mass is 32.2. The van der Waals surface area contributed by atoms with E-state index in [1.165, 1.54) is 44.1 Å². The highest BCUT2D eigenvalue weighted by molar-refractivity contribution is 8.06. The summed E-state index contributed by atoms with van der Waals surface area (Å²) in [5.41, 5.74) is 3.52. The molecule has 2 atom stereocenters. The summed E-state index contributed by atoms with van der Waals surface area (Å²) in [7, 11) is 0. The first-order valence-corrected chi connectivity index (χ1v) is 11.4. The maximum atomic E-state index is 9.82. The summed E-state index contributed by atoms with van der Waals surface area (Å²) in [6, 6.07) is 4.15. The minimum atomic E-state index is 0.564. The molecule has 5 rings (SSSR count). The topological polar surface area (TPSA) is 73.6 Å². The second-order valence-corrected chi connectivity index (χ2v) is 9.16. The Morgan fingerprint density at radius 3 is 3.00 bits per heavy atom. The number of hydrogen-bond donors (Lipinski definition) is 2. The molecule has 0 spiro atoms. The van der Waals surface area contributed by atoms with Gasteiger partial charge in [-0.2, -0.15) is 5.26 Å². The van der Waals surface area contributed by atoms with E-state index in [1.54, 1.807) is 18.0 Å². The molecule has 3 aliphatic carbocycles. The van der Waals surface area contributed by atoms with Crippen molar-refractivity contribution in [3.63, 3.8) is 0 Å². The van der Waals surface area contributed by atoms with Crippen molar-refractivity contribution in [2.75, 3.05) is 11.9 Å². The van der Waals surface area contributed by atoms with E-state index < -0.39 is 0 Å². The van der Waals surface area contributed by atoms with Gasteiger partial charge in [-0.05, 0) is 48.7 Å². The Kier molecular flexibility index (Phi) is 5.15. The van der Waals surface area contributed by atoms with Crippen molar-refractivity contribution in [1.82, 2.24) is 15.3 Å². The third kappa shape index (κ3) is 4.11. The predicted octanol–water partition coefficient (Wildman–Crippen LogP) is 4.97. The lowest BCUT2D eigenvalue weighted by Crippen LogP contribution is -2.18. The van der Waals surface area contributed by atoms with Crippen LogP contribution in [0.15, 0.2) is 52.2 Å². The van der Waals surface area contributed by atoms with E-state index in [9.17, 15) is 5.26 Å². The van der Waals surface area contributed by atoms with Crippen molar-refractivity contribution < 1.29 is 0 Å². The van der Waals surface area contributed by atoms with Gasteiger partial charge in [0.1, 0.15) is 11.6 Å². The molecule has 2 N–H and O–H groups in total. The Hall–Kier alpha value is -2.52. The molecule has 0 radical (unpaired) electrons. The lowest BCUT2D eigenvalue weighted by atomic mass is 9.89. The number of fused-ring (bicyclic) bond motifs is 1.